The molecule has 9 aromatic carbocycles. The Morgan fingerprint density at radius 2 is 0.675 bits per heavy atom. The SMILES string of the molecule is COc1c(OC)c2ccc3c4ccc5c(OC)c(OC)c6cccc7cc(c8cc9cccc1c9c2c38)c4c5c76. The molecule has 0 saturated carbocycles. The second-order valence-corrected chi connectivity index (χ2v) is 10.6. The molecule has 0 radical (unpaired) electrons. The summed E-state index contributed by atoms with van der Waals surface area (Å²) in [5.74, 6) is 3.11. The smallest absolute Gasteiger partial charge is 0.169 e. The molecule has 0 bridgehead atoms. The summed E-state index contributed by atoms with van der Waals surface area (Å²) in [6.07, 6.45) is 0. The van der Waals surface area contributed by atoms with Crippen LogP contribution < -0.4 is 18.9 Å². The standard InChI is InChI=1S/C36H24O4/c1-37-33-21-9-5-7-17-15-25-26-16-18-8-6-10-22-28(18)32-24(36(40-4)34(22)38-2)14-12-20(30(26)32)19-11-13-23(35(33)39-3)31(27(17)21)29(19)25/h5-16H,1-4H3. The molecule has 0 spiro atoms. The summed E-state index contributed by atoms with van der Waals surface area (Å²) in [6.45, 7) is 0. The first kappa shape index (κ1) is 21.9. The van der Waals surface area contributed by atoms with Crippen LogP contribution in [0.4, 0.5) is 0 Å². The van der Waals surface area contributed by atoms with Crippen molar-refractivity contribution in [1.82, 2.24) is 0 Å². The fourth-order valence-corrected chi connectivity index (χ4v) is 7.61. The van der Waals surface area contributed by atoms with Gasteiger partial charge < -0.3 is 18.9 Å². The van der Waals surface area contributed by atoms with Gasteiger partial charge in [0.15, 0.2) is 23.0 Å². The number of hydrogen-bond donors (Lipinski definition) is 0. The Morgan fingerprint density at radius 3 is 1.05 bits per heavy atom. The van der Waals surface area contributed by atoms with Gasteiger partial charge in [0.2, 0.25) is 0 Å². The van der Waals surface area contributed by atoms with Crippen LogP contribution in [-0.2, 0) is 0 Å². The third-order valence-corrected chi connectivity index (χ3v) is 9.03. The van der Waals surface area contributed by atoms with E-state index in [0.29, 0.717) is 0 Å². The molecule has 9 aromatic rings. The van der Waals surface area contributed by atoms with E-state index in [1.165, 1.54) is 64.6 Å². The number of fused-ring (bicyclic) bond motifs is 2. The quantitative estimate of drug-likeness (QED) is 0.171. The number of hydrogen-bond acceptors (Lipinski definition) is 4. The van der Waals surface area contributed by atoms with Crippen molar-refractivity contribution in [3.63, 3.8) is 0 Å². The fraction of sp³-hybridized carbons (Fsp3) is 0.111. The summed E-state index contributed by atoms with van der Waals surface area (Å²) in [7, 11) is 6.89. The van der Waals surface area contributed by atoms with E-state index in [4.69, 9.17) is 18.9 Å². The Morgan fingerprint density at radius 1 is 0.325 bits per heavy atom. The van der Waals surface area contributed by atoms with Crippen LogP contribution in [0, 0.1) is 0 Å². The molecule has 0 aliphatic rings. The molecule has 4 nitrogen and oxygen atoms in total. The van der Waals surface area contributed by atoms with Gasteiger partial charge in [0, 0.05) is 43.1 Å². The second-order valence-electron chi connectivity index (χ2n) is 10.6. The minimum absolute atomic E-state index is 0.775. The van der Waals surface area contributed by atoms with E-state index < -0.39 is 0 Å². The summed E-state index contributed by atoms with van der Waals surface area (Å²) in [6, 6.07) is 26.5. The van der Waals surface area contributed by atoms with E-state index in [0.717, 1.165) is 44.5 Å². The molecule has 0 aliphatic carbocycles. The maximum atomic E-state index is 5.99. The van der Waals surface area contributed by atoms with Crippen LogP contribution in [0.3, 0.4) is 0 Å². The zero-order chi connectivity index (χ0) is 26.9. The number of rotatable bonds is 4. The Kier molecular flexibility index (Phi) is 4.03. The average Bonchev–Trinajstić information content (AvgIpc) is 3.00. The Labute approximate surface area is 229 Å². The van der Waals surface area contributed by atoms with E-state index in [1.54, 1.807) is 28.4 Å². The molecule has 0 aliphatic heterocycles. The molecule has 0 unspecified atom stereocenters. The van der Waals surface area contributed by atoms with Crippen LogP contribution >= 0.6 is 0 Å². The normalized spacial score (nSPS) is 12.5. The monoisotopic (exact) mass is 520 g/mol. The molecule has 9 rings (SSSR count). The minimum atomic E-state index is 0.775. The van der Waals surface area contributed by atoms with E-state index in [9.17, 15) is 0 Å². The minimum Gasteiger partial charge on any atom is -0.492 e. The first-order valence-electron chi connectivity index (χ1n) is 13.4. The van der Waals surface area contributed by atoms with Crippen molar-refractivity contribution in [2.45, 2.75) is 0 Å². The van der Waals surface area contributed by atoms with Crippen LogP contribution in [0.1, 0.15) is 0 Å². The molecular formula is C36H24O4. The third kappa shape index (κ3) is 2.32. The topological polar surface area (TPSA) is 36.9 Å². The lowest BCUT2D eigenvalue weighted by molar-refractivity contribution is 0.362. The first-order valence-corrected chi connectivity index (χ1v) is 13.4. The largest absolute Gasteiger partial charge is 0.492 e. The van der Waals surface area contributed by atoms with Crippen LogP contribution in [0.15, 0.2) is 72.8 Å². The molecule has 0 fully saturated rings. The lowest BCUT2D eigenvalue weighted by Gasteiger charge is -2.23. The van der Waals surface area contributed by atoms with Crippen LogP contribution in [0.5, 0.6) is 23.0 Å². The zero-order valence-electron chi connectivity index (χ0n) is 22.6. The number of methoxy groups -OCH3 is 4. The van der Waals surface area contributed by atoms with Gasteiger partial charge in [0.05, 0.1) is 28.4 Å². The van der Waals surface area contributed by atoms with Crippen LogP contribution in [0.2, 0.25) is 0 Å². The van der Waals surface area contributed by atoms with Crippen molar-refractivity contribution in [2.75, 3.05) is 28.4 Å². The summed E-state index contributed by atoms with van der Waals surface area (Å²) in [5.41, 5.74) is 0. The predicted octanol–water partition coefficient (Wildman–Crippen LogP) is 9.26. The molecule has 40 heavy (non-hydrogen) atoms. The van der Waals surface area contributed by atoms with Crippen LogP contribution in [-0.4, -0.2) is 28.4 Å². The summed E-state index contributed by atoms with van der Waals surface area (Å²) in [5, 5.41) is 19.0. The summed E-state index contributed by atoms with van der Waals surface area (Å²) in [4.78, 5) is 0. The molecule has 192 valence electrons. The highest BCUT2D eigenvalue weighted by molar-refractivity contribution is 6.45. The van der Waals surface area contributed by atoms with Crippen LogP contribution in [0.25, 0.3) is 86.2 Å². The molecule has 0 saturated heterocycles. The van der Waals surface area contributed by atoms with Gasteiger partial charge >= 0.3 is 0 Å². The number of benzene rings is 9. The van der Waals surface area contributed by atoms with Gasteiger partial charge in [-0.25, -0.2) is 0 Å². The van der Waals surface area contributed by atoms with Gasteiger partial charge in [0.25, 0.3) is 0 Å². The Balaban J connectivity index is 1.65. The van der Waals surface area contributed by atoms with E-state index in [1.807, 2.05) is 0 Å². The van der Waals surface area contributed by atoms with Gasteiger partial charge in [-0.15, -0.1) is 0 Å². The number of ether oxygens (including phenoxy) is 4. The highest BCUT2D eigenvalue weighted by Gasteiger charge is 2.26. The van der Waals surface area contributed by atoms with E-state index in [2.05, 4.69) is 72.8 Å². The highest BCUT2D eigenvalue weighted by Crippen LogP contribution is 2.55. The molecule has 4 heteroatoms. The molecule has 0 aromatic heterocycles. The lowest BCUT2D eigenvalue weighted by atomic mass is 9.82. The van der Waals surface area contributed by atoms with Crippen molar-refractivity contribution in [2.24, 2.45) is 0 Å². The zero-order valence-corrected chi connectivity index (χ0v) is 22.6. The van der Waals surface area contributed by atoms with Crippen molar-refractivity contribution >= 4 is 86.2 Å². The summed E-state index contributed by atoms with van der Waals surface area (Å²) < 4.78 is 23.8. The fourth-order valence-electron chi connectivity index (χ4n) is 7.61. The van der Waals surface area contributed by atoms with Crippen molar-refractivity contribution in [1.29, 1.82) is 0 Å². The first-order chi connectivity index (χ1) is 19.7. The van der Waals surface area contributed by atoms with Crippen molar-refractivity contribution in [3.8, 4) is 23.0 Å². The maximum Gasteiger partial charge on any atom is 0.169 e. The summed E-state index contributed by atoms with van der Waals surface area (Å²) >= 11 is 0. The van der Waals surface area contributed by atoms with Gasteiger partial charge in [-0.05, 0) is 67.4 Å². The van der Waals surface area contributed by atoms with E-state index in [-0.39, 0.29) is 0 Å². The van der Waals surface area contributed by atoms with E-state index >= 15 is 0 Å². The predicted molar refractivity (Wildman–Crippen MR) is 166 cm³/mol. The third-order valence-electron chi connectivity index (χ3n) is 9.03. The molecular weight excluding hydrogens is 496 g/mol. The highest BCUT2D eigenvalue weighted by atomic mass is 16.5. The molecule has 0 amide bonds. The lowest BCUT2D eigenvalue weighted by Crippen LogP contribution is -1.98. The van der Waals surface area contributed by atoms with Gasteiger partial charge in [0.1, 0.15) is 0 Å². The Hall–Kier alpha value is -4.96. The average molecular weight is 521 g/mol. The van der Waals surface area contributed by atoms with Gasteiger partial charge in [-0.2, -0.15) is 0 Å². The maximum absolute atomic E-state index is 5.99. The van der Waals surface area contributed by atoms with Gasteiger partial charge in [-0.3, -0.25) is 0 Å². The molecule has 0 N–H and O–H groups in total. The van der Waals surface area contributed by atoms with Crippen molar-refractivity contribution in [3.05, 3.63) is 72.8 Å². The molecule has 0 heterocycles. The van der Waals surface area contributed by atoms with Gasteiger partial charge in [-0.1, -0.05) is 48.5 Å². The Bertz CT molecular complexity index is 2300. The molecule has 0 atom stereocenters. The van der Waals surface area contributed by atoms with Crippen molar-refractivity contribution < 1.29 is 18.9 Å². The second kappa shape index (κ2) is 7.36.